The number of aryl methyl sites for hydroxylation is 1. The van der Waals surface area contributed by atoms with Gasteiger partial charge in [-0.05, 0) is 43.2 Å². The fourth-order valence-electron chi connectivity index (χ4n) is 3.43. The zero-order valence-electron chi connectivity index (χ0n) is 12.9. The predicted octanol–water partition coefficient (Wildman–Crippen LogP) is 3.70. The molecule has 1 fully saturated rings. The second-order valence-electron chi connectivity index (χ2n) is 6.13. The van der Waals surface area contributed by atoms with Crippen molar-refractivity contribution in [1.82, 2.24) is 15.1 Å². The molecule has 0 radical (unpaired) electrons. The molecule has 1 heterocycles. The quantitative estimate of drug-likeness (QED) is 0.775. The molecule has 0 N–H and O–H groups in total. The monoisotopic (exact) mass is 345 g/mol. The lowest BCUT2D eigenvalue weighted by molar-refractivity contribution is -0.131. The average molecular weight is 345 g/mol. The smallest absolute Gasteiger partial charge is 0.233 e. The van der Waals surface area contributed by atoms with E-state index in [0.717, 1.165) is 30.0 Å². The molecule has 1 atom stereocenters. The summed E-state index contributed by atoms with van der Waals surface area (Å²) in [5.74, 6) is 0.707. The van der Waals surface area contributed by atoms with Gasteiger partial charge < -0.3 is 4.90 Å². The van der Waals surface area contributed by atoms with Crippen LogP contribution in [0.15, 0.2) is 34.1 Å². The van der Waals surface area contributed by atoms with Crippen LogP contribution in [0.4, 0.5) is 0 Å². The van der Waals surface area contributed by atoms with E-state index >= 15 is 0 Å². The lowest BCUT2D eigenvalue weighted by Gasteiger charge is -2.36. The van der Waals surface area contributed by atoms with Crippen molar-refractivity contribution >= 4 is 29.0 Å². The number of fused-ring (bicyclic) bond motifs is 1. The second-order valence-corrected chi connectivity index (χ2v) is 8.19. The van der Waals surface area contributed by atoms with E-state index in [-0.39, 0.29) is 11.9 Å². The molecular formula is C17H19N3OS2. The number of amides is 1. The highest BCUT2D eigenvalue weighted by molar-refractivity contribution is 8.01. The van der Waals surface area contributed by atoms with Gasteiger partial charge in [-0.25, -0.2) is 0 Å². The van der Waals surface area contributed by atoms with Crippen molar-refractivity contribution in [3.05, 3.63) is 40.9 Å². The molecular weight excluding hydrogens is 326 g/mol. The number of hydrogen-bond donors (Lipinski definition) is 0. The van der Waals surface area contributed by atoms with E-state index in [0.29, 0.717) is 11.8 Å². The third-order valence-electron chi connectivity index (χ3n) is 4.56. The van der Waals surface area contributed by atoms with Crippen molar-refractivity contribution in [3.8, 4) is 0 Å². The van der Waals surface area contributed by atoms with Crippen LogP contribution in [0.3, 0.4) is 0 Å². The summed E-state index contributed by atoms with van der Waals surface area (Å²) in [6, 6.07) is 9.33. The molecule has 0 bridgehead atoms. The summed E-state index contributed by atoms with van der Waals surface area (Å²) < 4.78 is 0.873. The minimum atomic E-state index is 0.245. The summed E-state index contributed by atoms with van der Waals surface area (Å²) in [5.41, 5.74) is 4.49. The van der Waals surface area contributed by atoms with Gasteiger partial charge >= 0.3 is 0 Å². The van der Waals surface area contributed by atoms with Gasteiger partial charge in [-0.3, -0.25) is 4.79 Å². The van der Waals surface area contributed by atoms with Crippen LogP contribution in [-0.4, -0.2) is 32.8 Å². The summed E-state index contributed by atoms with van der Waals surface area (Å²) >= 11 is 3.00. The van der Waals surface area contributed by atoms with Gasteiger partial charge in [0.2, 0.25) is 5.91 Å². The van der Waals surface area contributed by atoms with E-state index in [1.807, 2.05) is 0 Å². The summed E-state index contributed by atoms with van der Waals surface area (Å²) in [5, 5.41) is 7.85. The molecule has 4 rings (SSSR count). The molecule has 0 unspecified atom stereocenters. The Morgan fingerprint density at radius 1 is 1.30 bits per heavy atom. The Bertz CT molecular complexity index is 685. The molecule has 23 heavy (non-hydrogen) atoms. The van der Waals surface area contributed by atoms with Crippen LogP contribution in [0.2, 0.25) is 0 Å². The highest BCUT2D eigenvalue weighted by Crippen LogP contribution is 2.41. The number of aromatic nitrogens is 2. The van der Waals surface area contributed by atoms with E-state index in [1.54, 1.807) is 5.51 Å². The average Bonchev–Trinajstić information content (AvgIpc) is 3.27. The van der Waals surface area contributed by atoms with Crippen molar-refractivity contribution in [1.29, 1.82) is 0 Å². The first-order valence-electron chi connectivity index (χ1n) is 8.11. The van der Waals surface area contributed by atoms with E-state index in [2.05, 4.69) is 39.4 Å². The zero-order chi connectivity index (χ0) is 15.6. The van der Waals surface area contributed by atoms with Crippen LogP contribution < -0.4 is 0 Å². The molecule has 1 aromatic carbocycles. The molecule has 2 aliphatic rings. The maximum atomic E-state index is 12.9. The third kappa shape index (κ3) is 3.28. The lowest BCUT2D eigenvalue weighted by atomic mass is 9.86. The Hall–Kier alpha value is -1.40. The standard InChI is InChI=1S/C17H19N3OS2/c21-16(10-22-17-19-18-11-23-17)20(13-8-9-13)15-7-3-5-12-4-1-2-6-14(12)15/h1-2,4,6,11,13,15H,3,5,7-10H2/t15-/m0/s1. The van der Waals surface area contributed by atoms with Crippen LogP contribution in [0.25, 0.3) is 0 Å². The molecule has 1 saturated carbocycles. The van der Waals surface area contributed by atoms with E-state index in [9.17, 15) is 4.79 Å². The van der Waals surface area contributed by atoms with Crippen LogP contribution in [0.5, 0.6) is 0 Å². The molecule has 0 aliphatic heterocycles. The number of hydrogen-bond acceptors (Lipinski definition) is 5. The van der Waals surface area contributed by atoms with Gasteiger partial charge in [0, 0.05) is 6.04 Å². The van der Waals surface area contributed by atoms with Crippen molar-refractivity contribution in [3.63, 3.8) is 0 Å². The summed E-state index contributed by atoms with van der Waals surface area (Å²) in [4.78, 5) is 15.1. The van der Waals surface area contributed by atoms with Crippen LogP contribution >= 0.6 is 23.1 Å². The molecule has 2 aliphatic carbocycles. The molecule has 6 heteroatoms. The first-order valence-corrected chi connectivity index (χ1v) is 9.97. The van der Waals surface area contributed by atoms with Crippen molar-refractivity contribution in [2.24, 2.45) is 0 Å². The fourth-order valence-corrected chi connectivity index (χ4v) is 4.78. The highest BCUT2D eigenvalue weighted by atomic mass is 32.2. The number of benzene rings is 1. The normalized spacial score (nSPS) is 20.1. The highest BCUT2D eigenvalue weighted by Gasteiger charge is 2.39. The molecule has 1 aromatic heterocycles. The van der Waals surface area contributed by atoms with Gasteiger partial charge in [-0.2, -0.15) is 0 Å². The first-order chi connectivity index (χ1) is 11.3. The van der Waals surface area contributed by atoms with Crippen molar-refractivity contribution < 1.29 is 4.79 Å². The van der Waals surface area contributed by atoms with E-state index < -0.39 is 0 Å². The topological polar surface area (TPSA) is 46.1 Å². The maximum absolute atomic E-state index is 12.9. The van der Waals surface area contributed by atoms with Crippen LogP contribution in [0.1, 0.15) is 42.9 Å². The van der Waals surface area contributed by atoms with Crippen LogP contribution in [-0.2, 0) is 11.2 Å². The van der Waals surface area contributed by atoms with Gasteiger partial charge in [-0.15, -0.1) is 10.2 Å². The number of carbonyl (C=O) groups excluding carboxylic acids is 1. The van der Waals surface area contributed by atoms with Gasteiger partial charge in [0.25, 0.3) is 0 Å². The Morgan fingerprint density at radius 3 is 2.96 bits per heavy atom. The maximum Gasteiger partial charge on any atom is 0.233 e. The first kappa shape index (κ1) is 15.1. The summed E-state index contributed by atoms with van der Waals surface area (Å²) in [6.45, 7) is 0. The molecule has 1 amide bonds. The van der Waals surface area contributed by atoms with Gasteiger partial charge in [0.05, 0.1) is 11.8 Å². The molecule has 4 nitrogen and oxygen atoms in total. The molecule has 0 spiro atoms. The van der Waals surface area contributed by atoms with E-state index in [1.165, 1.54) is 40.6 Å². The number of carbonyl (C=O) groups is 1. The SMILES string of the molecule is O=C(CSc1nncs1)N(C1CC1)[C@H]1CCCc2ccccc21. The Labute approximate surface area is 144 Å². The van der Waals surface area contributed by atoms with Gasteiger partial charge in [0.15, 0.2) is 4.34 Å². The molecule has 0 saturated heterocycles. The molecule has 2 aromatic rings. The summed E-state index contributed by atoms with van der Waals surface area (Å²) in [7, 11) is 0. The Morgan fingerprint density at radius 2 is 2.17 bits per heavy atom. The molecule has 120 valence electrons. The number of nitrogens with zero attached hydrogens (tertiary/aromatic N) is 3. The third-order valence-corrected chi connectivity index (χ3v) is 6.41. The minimum absolute atomic E-state index is 0.245. The van der Waals surface area contributed by atoms with E-state index in [4.69, 9.17) is 0 Å². The Balaban J connectivity index is 1.53. The largest absolute Gasteiger partial charge is 0.332 e. The second kappa shape index (κ2) is 6.61. The van der Waals surface area contributed by atoms with Crippen LogP contribution in [0, 0.1) is 0 Å². The van der Waals surface area contributed by atoms with Gasteiger partial charge in [-0.1, -0.05) is 47.4 Å². The number of rotatable bonds is 5. The fraction of sp³-hybridized carbons (Fsp3) is 0.471. The Kier molecular flexibility index (Phi) is 4.35. The van der Waals surface area contributed by atoms with Crippen molar-refractivity contribution in [2.75, 3.05) is 5.75 Å². The van der Waals surface area contributed by atoms with Crippen molar-refractivity contribution in [2.45, 2.75) is 48.5 Å². The predicted molar refractivity (Wildman–Crippen MR) is 92.6 cm³/mol. The lowest BCUT2D eigenvalue weighted by Crippen LogP contribution is -2.39. The zero-order valence-corrected chi connectivity index (χ0v) is 14.5. The van der Waals surface area contributed by atoms with Gasteiger partial charge in [0.1, 0.15) is 5.51 Å². The minimum Gasteiger partial charge on any atom is -0.332 e. The summed E-state index contributed by atoms with van der Waals surface area (Å²) in [6.07, 6.45) is 5.69. The number of thioether (sulfide) groups is 1.